The smallest absolute Gasteiger partial charge is 0.225 e. The summed E-state index contributed by atoms with van der Waals surface area (Å²) in [6, 6.07) is 2.41. The SMILES string of the molecule is CCc1c(S(N)(=O)=O)ccc(N=C=S)c1F. The number of aliphatic imine (C=N–C) groups is 1. The Bertz CT molecular complexity index is 563. The highest BCUT2D eigenvalue weighted by Crippen LogP contribution is 2.26. The molecule has 4 nitrogen and oxygen atoms in total. The van der Waals surface area contributed by atoms with Crippen LogP contribution in [-0.4, -0.2) is 13.6 Å². The van der Waals surface area contributed by atoms with Gasteiger partial charge in [-0.3, -0.25) is 0 Å². The Labute approximate surface area is 98.0 Å². The molecule has 86 valence electrons. The first-order valence-corrected chi connectivity index (χ1v) is 6.29. The molecule has 1 rings (SSSR count). The number of sulfonamides is 1. The second-order valence-electron chi connectivity index (χ2n) is 2.98. The van der Waals surface area contributed by atoms with Gasteiger partial charge in [0.05, 0.1) is 10.1 Å². The van der Waals surface area contributed by atoms with E-state index < -0.39 is 15.8 Å². The topological polar surface area (TPSA) is 72.5 Å². The van der Waals surface area contributed by atoms with Crippen molar-refractivity contribution in [3.05, 3.63) is 23.5 Å². The first kappa shape index (κ1) is 12.9. The molecule has 0 saturated carbocycles. The summed E-state index contributed by atoms with van der Waals surface area (Å²) in [5, 5.41) is 6.99. The van der Waals surface area contributed by atoms with Crippen molar-refractivity contribution in [2.45, 2.75) is 18.2 Å². The molecule has 0 heterocycles. The van der Waals surface area contributed by atoms with Crippen LogP contribution in [0.1, 0.15) is 12.5 Å². The van der Waals surface area contributed by atoms with Gasteiger partial charge in [0.2, 0.25) is 10.0 Å². The number of primary sulfonamides is 1. The predicted octanol–water partition coefficient (Wildman–Crippen LogP) is 1.77. The lowest BCUT2D eigenvalue weighted by Gasteiger charge is -2.07. The van der Waals surface area contributed by atoms with Gasteiger partial charge in [-0.05, 0) is 30.8 Å². The number of nitrogens with zero attached hydrogens (tertiary/aromatic N) is 1. The summed E-state index contributed by atoms with van der Waals surface area (Å²) >= 11 is 4.35. The van der Waals surface area contributed by atoms with Gasteiger partial charge in [0.15, 0.2) is 5.82 Å². The summed E-state index contributed by atoms with van der Waals surface area (Å²) in [6.45, 7) is 1.62. The van der Waals surface area contributed by atoms with E-state index in [1.807, 2.05) is 5.16 Å². The molecule has 7 heteroatoms. The van der Waals surface area contributed by atoms with Crippen LogP contribution in [0.2, 0.25) is 0 Å². The lowest BCUT2D eigenvalue weighted by atomic mass is 10.1. The molecule has 0 bridgehead atoms. The fraction of sp³-hybridized carbons (Fsp3) is 0.222. The number of benzene rings is 1. The summed E-state index contributed by atoms with van der Waals surface area (Å²) in [7, 11) is -3.93. The molecule has 0 fully saturated rings. The molecule has 0 aliphatic heterocycles. The Hall–Kier alpha value is -1.14. The Morgan fingerprint density at radius 1 is 1.56 bits per heavy atom. The molecule has 0 amide bonds. The highest BCUT2D eigenvalue weighted by Gasteiger charge is 2.18. The van der Waals surface area contributed by atoms with E-state index in [9.17, 15) is 12.8 Å². The zero-order valence-corrected chi connectivity index (χ0v) is 10.0. The van der Waals surface area contributed by atoms with E-state index in [4.69, 9.17) is 5.14 Å². The first-order valence-electron chi connectivity index (χ1n) is 4.33. The molecule has 0 aliphatic rings. The molecule has 1 aromatic rings. The standard InChI is InChI=1S/C9H9FN2O2S2/c1-2-6-8(16(11,13)14)4-3-7(9(6)10)12-5-15/h3-4H,2H2,1H3,(H2,11,13,14). The minimum Gasteiger partial charge on any atom is -0.225 e. The minimum atomic E-state index is -3.93. The average Bonchev–Trinajstić information content (AvgIpc) is 2.19. The Balaban J connectivity index is 3.59. The number of halogens is 1. The molecule has 0 spiro atoms. The summed E-state index contributed by atoms with van der Waals surface area (Å²) in [6.07, 6.45) is 0.193. The second kappa shape index (κ2) is 4.80. The first-order chi connectivity index (χ1) is 7.41. The molecule has 1 aromatic carbocycles. The third-order valence-electron chi connectivity index (χ3n) is 2.01. The van der Waals surface area contributed by atoms with Gasteiger partial charge >= 0.3 is 0 Å². The molecule has 0 aliphatic carbocycles. The Morgan fingerprint density at radius 3 is 2.62 bits per heavy atom. The van der Waals surface area contributed by atoms with Gasteiger partial charge in [-0.15, -0.1) is 0 Å². The third kappa shape index (κ3) is 2.51. The van der Waals surface area contributed by atoms with Gasteiger partial charge in [0, 0.05) is 5.56 Å². The van der Waals surface area contributed by atoms with Crippen LogP contribution in [0.4, 0.5) is 10.1 Å². The fourth-order valence-corrected chi connectivity index (χ4v) is 2.26. The fourth-order valence-electron chi connectivity index (χ4n) is 1.32. The maximum Gasteiger partial charge on any atom is 0.238 e. The highest BCUT2D eigenvalue weighted by atomic mass is 32.2. The van der Waals surface area contributed by atoms with E-state index in [-0.39, 0.29) is 22.6 Å². The van der Waals surface area contributed by atoms with Crippen LogP contribution < -0.4 is 5.14 Å². The largest absolute Gasteiger partial charge is 0.238 e. The quantitative estimate of drug-likeness (QED) is 0.665. The van der Waals surface area contributed by atoms with Crippen LogP contribution in [0.3, 0.4) is 0 Å². The third-order valence-corrected chi connectivity index (χ3v) is 3.09. The maximum atomic E-state index is 13.8. The maximum absolute atomic E-state index is 13.8. The summed E-state index contributed by atoms with van der Waals surface area (Å²) < 4.78 is 36.1. The molecule has 0 saturated heterocycles. The van der Waals surface area contributed by atoms with Gasteiger partial charge in [-0.25, -0.2) is 17.9 Å². The van der Waals surface area contributed by atoms with Crippen LogP contribution in [0.5, 0.6) is 0 Å². The monoisotopic (exact) mass is 260 g/mol. The van der Waals surface area contributed by atoms with E-state index in [2.05, 4.69) is 17.2 Å². The minimum absolute atomic E-state index is 0.00833. The van der Waals surface area contributed by atoms with Crippen molar-refractivity contribution in [1.29, 1.82) is 0 Å². The van der Waals surface area contributed by atoms with E-state index in [0.717, 1.165) is 0 Å². The Morgan fingerprint density at radius 2 is 2.19 bits per heavy atom. The van der Waals surface area contributed by atoms with Gasteiger partial charge in [-0.1, -0.05) is 6.92 Å². The van der Waals surface area contributed by atoms with Crippen molar-refractivity contribution in [3.8, 4) is 0 Å². The van der Waals surface area contributed by atoms with Crippen LogP contribution in [0, 0.1) is 5.82 Å². The number of isothiocyanates is 1. The van der Waals surface area contributed by atoms with E-state index in [0.29, 0.717) is 0 Å². The van der Waals surface area contributed by atoms with Crippen molar-refractivity contribution in [2.24, 2.45) is 10.1 Å². The van der Waals surface area contributed by atoms with Crippen LogP contribution >= 0.6 is 12.2 Å². The Kier molecular flexibility index (Phi) is 3.88. The summed E-state index contributed by atoms with van der Waals surface area (Å²) in [4.78, 5) is 3.27. The summed E-state index contributed by atoms with van der Waals surface area (Å²) in [5.41, 5.74) is -0.0340. The predicted molar refractivity (Wildman–Crippen MR) is 61.8 cm³/mol. The van der Waals surface area contributed by atoms with Crippen LogP contribution in [0.25, 0.3) is 0 Å². The molecule has 0 radical (unpaired) electrons. The van der Waals surface area contributed by atoms with Crippen molar-refractivity contribution in [3.63, 3.8) is 0 Å². The van der Waals surface area contributed by atoms with Crippen molar-refractivity contribution < 1.29 is 12.8 Å². The zero-order valence-electron chi connectivity index (χ0n) is 8.40. The molecular weight excluding hydrogens is 251 g/mol. The number of rotatable bonds is 3. The lowest BCUT2D eigenvalue weighted by Crippen LogP contribution is -2.15. The van der Waals surface area contributed by atoms with Crippen molar-refractivity contribution in [2.75, 3.05) is 0 Å². The van der Waals surface area contributed by atoms with Crippen LogP contribution in [-0.2, 0) is 16.4 Å². The van der Waals surface area contributed by atoms with Gasteiger partial charge in [0.1, 0.15) is 5.69 Å². The molecule has 0 aromatic heterocycles. The summed E-state index contributed by atoms with van der Waals surface area (Å²) in [5.74, 6) is -0.730. The number of hydrogen-bond acceptors (Lipinski definition) is 4. The molecule has 16 heavy (non-hydrogen) atoms. The zero-order chi connectivity index (χ0) is 12.3. The van der Waals surface area contributed by atoms with Crippen molar-refractivity contribution >= 4 is 33.1 Å². The second-order valence-corrected chi connectivity index (χ2v) is 4.69. The van der Waals surface area contributed by atoms with Gasteiger partial charge < -0.3 is 0 Å². The van der Waals surface area contributed by atoms with Crippen molar-refractivity contribution in [1.82, 2.24) is 0 Å². The van der Waals surface area contributed by atoms with Gasteiger partial charge in [0.25, 0.3) is 0 Å². The molecule has 2 N–H and O–H groups in total. The number of thiocarbonyl (C=S) groups is 1. The molecule has 0 atom stereocenters. The number of hydrogen-bond donors (Lipinski definition) is 1. The number of nitrogens with two attached hydrogens (primary N) is 1. The van der Waals surface area contributed by atoms with Gasteiger partial charge in [-0.2, -0.15) is 4.99 Å². The lowest BCUT2D eigenvalue weighted by molar-refractivity contribution is 0.585. The van der Waals surface area contributed by atoms with Crippen LogP contribution in [0.15, 0.2) is 22.0 Å². The van der Waals surface area contributed by atoms with E-state index >= 15 is 0 Å². The average molecular weight is 260 g/mol. The van der Waals surface area contributed by atoms with E-state index in [1.54, 1.807) is 6.92 Å². The van der Waals surface area contributed by atoms with E-state index in [1.165, 1.54) is 12.1 Å². The normalized spacial score (nSPS) is 10.9. The molecular formula is C9H9FN2O2S2. The molecule has 0 unspecified atom stereocenters. The highest BCUT2D eigenvalue weighted by molar-refractivity contribution is 7.89.